The molecule has 0 aliphatic heterocycles. The fourth-order valence-electron chi connectivity index (χ4n) is 3.45. The summed E-state index contributed by atoms with van der Waals surface area (Å²) in [6.45, 7) is 13.6. The van der Waals surface area contributed by atoms with Crippen molar-refractivity contribution in [2.24, 2.45) is 11.7 Å². The standard InChI is InChI=1S/C20H28F4N2O.2C2H6/c1-18(2,21)12-9-13(11-14(10-12)20(22,23)24)19(3,4)26-17(27)15-7-5-6-8-16(15)25;2*1-2/h9-11,15-16H,5-8,25H2,1-4H3,(H,26,27);2*1-2H3. The van der Waals surface area contributed by atoms with E-state index in [1.54, 1.807) is 13.8 Å². The summed E-state index contributed by atoms with van der Waals surface area (Å²) in [6, 6.07) is 2.92. The van der Waals surface area contributed by atoms with Crippen molar-refractivity contribution in [1.82, 2.24) is 5.32 Å². The van der Waals surface area contributed by atoms with Crippen LogP contribution in [-0.2, 0) is 22.2 Å². The molecule has 0 saturated heterocycles. The second-order valence-electron chi connectivity index (χ2n) is 8.44. The van der Waals surface area contributed by atoms with Gasteiger partial charge in [-0.05, 0) is 63.8 Å². The van der Waals surface area contributed by atoms with Crippen LogP contribution < -0.4 is 11.1 Å². The van der Waals surface area contributed by atoms with Gasteiger partial charge in [-0.2, -0.15) is 13.2 Å². The highest BCUT2D eigenvalue weighted by atomic mass is 19.4. The fourth-order valence-corrected chi connectivity index (χ4v) is 3.45. The molecule has 2 atom stereocenters. The normalized spacial score (nSPS) is 19.4. The van der Waals surface area contributed by atoms with Gasteiger partial charge in [0.05, 0.1) is 17.0 Å². The number of halogens is 4. The second-order valence-corrected chi connectivity index (χ2v) is 8.44. The van der Waals surface area contributed by atoms with Gasteiger partial charge in [0.25, 0.3) is 0 Å². The number of nitrogens with one attached hydrogen (secondary N) is 1. The van der Waals surface area contributed by atoms with Crippen LogP contribution in [-0.4, -0.2) is 11.9 Å². The van der Waals surface area contributed by atoms with Crippen LogP contribution >= 0.6 is 0 Å². The maximum absolute atomic E-state index is 14.4. The summed E-state index contributed by atoms with van der Waals surface area (Å²) < 4.78 is 54.3. The molecule has 0 radical (unpaired) electrons. The molecule has 7 heteroatoms. The van der Waals surface area contributed by atoms with E-state index in [4.69, 9.17) is 5.73 Å². The second kappa shape index (κ2) is 11.8. The first kappa shape index (κ1) is 29.4. The minimum Gasteiger partial charge on any atom is -0.347 e. The smallest absolute Gasteiger partial charge is 0.347 e. The van der Waals surface area contributed by atoms with E-state index in [0.717, 1.165) is 31.4 Å². The predicted molar refractivity (Wildman–Crippen MR) is 119 cm³/mol. The topological polar surface area (TPSA) is 55.1 Å². The molecule has 0 heterocycles. The van der Waals surface area contributed by atoms with Crippen LogP contribution in [0.15, 0.2) is 18.2 Å². The molecule has 0 aromatic heterocycles. The van der Waals surface area contributed by atoms with Crippen molar-refractivity contribution >= 4 is 5.91 Å². The van der Waals surface area contributed by atoms with E-state index in [1.807, 2.05) is 27.7 Å². The lowest BCUT2D eigenvalue weighted by atomic mass is 9.82. The number of carbonyl (C=O) groups excluding carboxylic acids is 1. The Balaban J connectivity index is 0.00000212. The lowest BCUT2D eigenvalue weighted by Gasteiger charge is -2.34. The molecule has 0 bridgehead atoms. The summed E-state index contributed by atoms with van der Waals surface area (Å²) in [4.78, 5) is 12.7. The van der Waals surface area contributed by atoms with Crippen molar-refractivity contribution in [3.63, 3.8) is 0 Å². The zero-order valence-corrected chi connectivity index (χ0v) is 20.2. The van der Waals surface area contributed by atoms with Gasteiger partial charge in [-0.15, -0.1) is 0 Å². The summed E-state index contributed by atoms with van der Waals surface area (Å²) >= 11 is 0. The average Bonchev–Trinajstić information content (AvgIpc) is 2.69. The van der Waals surface area contributed by atoms with Crippen LogP contribution in [0.2, 0.25) is 0 Å². The van der Waals surface area contributed by atoms with Gasteiger partial charge in [0, 0.05) is 6.04 Å². The third-order valence-corrected chi connectivity index (χ3v) is 5.26. The molecule has 1 saturated carbocycles. The maximum atomic E-state index is 14.4. The average molecular weight is 449 g/mol. The van der Waals surface area contributed by atoms with Gasteiger partial charge in [-0.25, -0.2) is 4.39 Å². The summed E-state index contributed by atoms with van der Waals surface area (Å²) in [5.41, 5.74) is 2.19. The number of hydrogen-bond acceptors (Lipinski definition) is 2. The summed E-state index contributed by atoms with van der Waals surface area (Å²) in [5, 5.41) is 2.82. The number of alkyl halides is 4. The summed E-state index contributed by atoms with van der Waals surface area (Å²) in [7, 11) is 0. The van der Waals surface area contributed by atoms with Gasteiger partial charge in [0.15, 0.2) is 0 Å². The first-order valence-electron chi connectivity index (χ1n) is 11.2. The van der Waals surface area contributed by atoms with E-state index in [9.17, 15) is 22.4 Å². The highest BCUT2D eigenvalue weighted by Crippen LogP contribution is 2.37. The minimum absolute atomic E-state index is 0.0796. The van der Waals surface area contributed by atoms with Crippen molar-refractivity contribution < 1.29 is 22.4 Å². The van der Waals surface area contributed by atoms with Gasteiger partial charge in [0.2, 0.25) is 5.91 Å². The van der Waals surface area contributed by atoms with Crippen LogP contribution in [0, 0.1) is 5.92 Å². The van der Waals surface area contributed by atoms with Crippen molar-refractivity contribution in [2.45, 2.75) is 104 Å². The Morgan fingerprint density at radius 3 is 1.77 bits per heavy atom. The van der Waals surface area contributed by atoms with E-state index in [1.165, 1.54) is 19.9 Å². The van der Waals surface area contributed by atoms with E-state index < -0.39 is 22.9 Å². The Labute approximate surface area is 185 Å². The molecule has 1 aromatic rings. The van der Waals surface area contributed by atoms with Crippen LogP contribution in [0.5, 0.6) is 0 Å². The van der Waals surface area contributed by atoms with Crippen molar-refractivity contribution in [3.8, 4) is 0 Å². The predicted octanol–water partition coefficient (Wildman–Crippen LogP) is 6.83. The summed E-state index contributed by atoms with van der Waals surface area (Å²) in [5.74, 6) is -0.633. The van der Waals surface area contributed by atoms with Crippen molar-refractivity contribution in [3.05, 3.63) is 34.9 Å². The van der Waals surface area contributed by atoms with Gasteiger partial charge >= 0.3 is 6.18 Å². The van der Waals surface area contributed by atoms with Gasteiger partial charge in [0.1, 0.15) is 5.67 Å². The number of amides is 1. The molecule has 1 aliphatic carbocycles. The molecule has 1 amide bonds. The van der Waals surface area contributed by atoms with Crippen molar-refractivity contribution in [1.29, 1.82) is 0 Å². The van der Waals surface area contributed by atoms with Crippen LogP contribution in [0.25, 0.3) is 0 Å². The number of hydrogen-bond donors (Lipinski definition) is 2. The lowest BCUT2D eigenvalue weighted by molar-refractivity contribution is -0.137. The van der Waals surface area contributed by atoms with E-state index >= 15 is 0 Å². The molecule has 0 spiro atoms. The Bertz CT molecular complexity index is 662. The molecule has 1 fully saturated rings. The first-order valence-corrected chi connectivity index (χ1v) is 11.2. The monoisotopic (exact) mass is 448 g/mol. The van der Waals surface area contributed by atoms with E-state index in [0.29, 0.717) is 6.42 Å². The molecular weight excluding hydrogens is 408 g/mol. The highest BCUT2D eigenvalue weighted by Gasteiger charge is 2.37. The quantitative estimate of drug-likeness (QED) is 0.496. The van der Waals surface area contributed by atoms with Crippen LogP contribution in [0.4, 0.5) is 17.6 Å². The molecule has 3 N–H and O–H groups in total. The van der Waals surface area contributed by atoms with Gasteiger partial charge in [-0.1, -0.05) is 46.6 Å². The molecule has 2 rings (SSSR count). The van der Waals surface area contributed by atoms with E-state index in [2.05, 4.69) is 5.32 Å². The van der Waals surface area contributed by atoms with Crippen LogP contribution in [0.3, 0.4) is 0 Å². The first-order chi connectivity index (χ1) is 14.2. The van der Waals surface area contributed by atoms with E-state index in [-0.39, 0.29) is 29.0 Å². The third-order valence-electron chi connectivity index (χ3n) is 5.26. The van der Waals surface area contributed by atoms with Gasteiger partial charge in [-0.3, -0.25) is 4.79 Å². The van der Waals surface area contributed by atoms with Crippen LogP contribution in [0.1, 0.15) is 97.8 Å². The largest absolute Gasteiger partial charge is 0.416 e. The zero-order chi connectivity index (χ0) is 24.6. The molecule has 31 heavy (non-hydrogen) atoms. The number of nitrogens with two attached hydrogens (primary N) is 1. The molecular formula is C24H40F4N2O. The maximum Gasteiger partial charge on any atom is 0.416 e. The highest BCUT2D eigenvalue weighted by molar-refractivity contribution is 5.80. The third kappa shape index (κ3) is 8.43. The Hall–Kier alpha value is -1.63. The molecule has 3 nitrogen and oxygen atoms in total. The molecule has 1 aliphatic rings. The Morgan fingerprint density at radius 1 is 0.871 bits per heavy atom. The Kier molecular flexibility index (Phi) is 11.2. The molecule has 1 aromatic carbocycles. The molecule has 2 unspecified atom stereocenters. The minimum atomic E-state index is -4.61. The lowest BCUT2D eigenvalue weighted by Crippen LogP contribution is -2.49. The SMILES string of the molecule is CC.CC.CC(C)(F)c1cc(C(F)(F)F)cc(C(C)(C)NC(=O)C2CCCCC2N)c1. The van der Waals surface area contributed by atoms with Crippen molar-refractivity contribution in [2.75, 3.05) is 0 Å². The fraction of sp³-hybridized carbons (Fsp3) is 0.708. The van der Waals surface area contributed by atoms with Gasteiger partial charge < -0.3 is 11.1 Å². The number of rotatable bonds is 4. The zero-order valence-electron chi connectivity index (χ0n) is 20.2. The number of benzene rings is 1. The Morgan fingerprint density at radius 2 is 1.32 bits per heavy atom. The summed E-state index contributed by atoms with van der Waals surface area (Å²) in [6.07, 6.45) is -1.33. The molecule has 180 valence electrons. The number of carbonyl (C=O) groups is 1.